The number of pyridine rings is 1. The average molecular weight is 577 g/mol. The molecule has 2 aromatic heterocycles. The Balaban J connectivity index is 0.000000728. The third-order valence-corrected chi connectivity index (χ3v) is 6.23. The van der Waals surface area contributed by atoms with Crippen LogP contribution < -0.4 is 10.9 Å². The van der Waals surface area contributed by atoms with Gasteiger partial charge in [-0.15, -0.1) is 0 Å². The first-order valence-corrected chi connectivity index (χ1v) is 15.0. The lowest BCUT2D eigenvalue weighted by Crippen LogP contribution is -2.22. The van der Waals surface area contributed by atoms with Crippen LogP contribution in [0.25, 0.3) is 22.2 Å². The maximum Gasteiger partial charge on any atom is 0.260 e. The number of rotatable bonds is 7. The highest BCUT2D eigenvalue weighted by molar-refractivity contribution is 5.82. The summed E-state index contributed by atoms with van der Waals surface area (Å²) in [5.41, 5.74) is 5.15. The Kier molecular flexibility index (Phi) is 19.0. The van der Waals surface area contributed by atoms with Crippen molar-refractivity contribution in [2.75, 3.05) is 13.1 Å². The van der Waals surface area contributed by atoms with Gasteiger partial charge in [0.1, 0.15) is 24.0 Å². The van der Waals surface area contributed by atoms with Gasteiger partial charge in [0.05, 0.1) is 5.56 Å². The number of fused-ring (bicyclic) bond motifs is 1. The predicted octanol–water partition coefficient (Wildman–Crippen LogP) is 7.77. The number of phenols is 1. The van der Waals surface area contributed by atoms with Crippen molar-refractivity contribution in [2.45, 2.75) is 88.1 Å². The number of nitrogens with one attached hydrogen (secondary N) is 1. The molecule has 2 N–H and O–H groups in total. The van der Waals surface area contributed by atoms with Gasteiger partial charge in [0.25, 0.3) is 5.56 Å². The smallest absolute Gasteiger partial charge is 0.260 e. The van der Waals surface area contributed by atoms with Crippen molar-refractivity contribution in [3.05, 3.63) is 87.6 Å². The van der Waals surface area contributed by atoms with E-state index in [1.54, 1.807) is 35.9 Å². The summed E-state index contributed by atoms with van der Waals surface area (Å²) in [6, 6.07) is 15.9. The Morgan fingerprint density at radius 1 is 0.905 bits per heavy atom. The molecular formula is C35H52N4O3. The molecule has 0 aliphatic heterocycles. The Morgan fingerprint density at radius 3 is 2.05 bits per heavy atom. The van der Waals surface area contributed by atoms with Crippen LogP contribution in [-0.4, -0.2) is 39.5 Å². The molecule has 42 heavy (non-hydrogen) atoms. The molecule has 4 aromatic rings. The van der Waals surface area contributed by atoms with Crippen molar-refractivity contribution in [2.24, 2.45) is 0 Å². The maximum atomic E-state index is 12.8. The van der Waals surface area contributed by atoms with Gasteiger partial charge in [-0.05, 0) is 69.8 Å². The zero-order valence-electron chi connectivity index (χ0n) is 27.4. The molecule has 0 aliphatic rings. The highest BCUT2D eigenvalue weighted by atomic mass is 16.3. The molecule has 0 fully saturated rings. The zero-order valence-corrected chi connectivity index (χ0v) is 27.4. The van der Waals surface area contributed by atoms with E-state index in [9.17, 15) is 9.90 Å². The second-order valence-corrected chi connectivity index (χ2v) is 9.34. The number of aromatic nitrogens is 3. The van der Waals surface area contributed by atoms with Gasteiger partial charge in [-0.1, -0.05) is 83.5 Å². The minimum atomic E-state index is -0.160. The molecule has 0 bridgehead atoms. The quantitative estimate of drug-likeness (QED) is 0.218. The van der Waals surface area contributed by atoms with Crippen LogP contribution in [0, 0.1) is 20.8 Å². The van der Waals surface area contributed by atoms with Crippen LogP contribution in [0.1, 0.15) is 83.3 Å². The van der Waals surface area contributed by atoms with Crippen LogP contribution in [0.4, 0.5) is 0 Å². The molecule has 7 nitrogen and oxygen atoms in total. The minimum Gasteiger partial charge on any atom is -0.507 e. The Hall–Kier alpha value is -3.84. The Morgan fingerprint density at radius 2 is 1.50 bits per heavy atom. The van der Waals surface area contributed by atoms with Crippen molar-refractivity contribution in [3.8, 4) is 16.9 Å². The Labute approximate surface area is 253 Å². The lowest BCUT2D eigenvalue weighted by molar-refractivity contribution is -0.0980. The molecule has 1 atom stereocenters. The van der Waals surface area contributed by atoms with Crippen molar-refractivity contribution in [3.63, 3.8) is 0 Å². The van der Waals surface area contributed by atoms with Crippen molar-refractivity contribution in [1.82, 2.24) is 19.9 Å². The van der Waals surface area contributed by atoms with Crippen LogP contribution in [0.3, 0.4) is 0 Å². The highest BCUT2D eigenvalue weighted by Gasteiger charge is 2.14. The van der Waals surface area contributed by atoms with Gasteiger partial charge in [-0.3, -0.25) is 9.36 Å². The normalized spacial score (nSPS) is 10.4. The van der Waals surface area contributed by atoms with Gasteiger partial charge in [-0.25, -0.2) is 9.97 Å². The molecule has 0 saturated heterocycles. The van der Waals surface area contributed by atoms with Crippen LogP contribution in [0.2, 0.25) is 0 Å². The number of aryl methyl sites for hydroxylation is 4. The molecule has 0 saturated carbocycles. The highest BCUT2D eigenvalue weighted by Crippen LogP contribution is 2.29. The van der Waals surface area contributed by atoms with Gasteiger partial charge in [-0.2, -0.15) is 0 Å². The number of benzene rings is 2. The predicted molar refractivity (Wildman–Crippen MR) is 179 cm³/mol. The van der Waals surface area contributed by atoms with E-state index in [4.69, 9.17) is 4.79 Å². The van der Waals surface area contributed by atoms with E-state index in [-0.39, 0.29) is 11.3 Å². The summed E-state index contributed by atoms with van der Waals surface area (Å²) in [4.78, 5) is 29.3. The van der Waals surface area contributed by atoms with E-state index in [2.05, 4.69) is 60.3 Å². The van der Waals surface area contributed by atoms with Crippen molar-refractivity contribution >= 4 is 17.8 Å². The molecule has 2 heterocycles. The van der Waals surface area contributed by atoms with Gasteiger partial charge >= 0.3 is 0 Å². The zero-order chi connectivity index (χ0) is 32.2. The van der Waals surface area contributed by atoms with Crippen molar-refractivity contribution in [1.29, 1.82) is 0 Å². The lowest BCUT2D eigenvalue weighted by Gasteiger charge is -2.12. The molecule has 0 radical (unpaired) electrons. The Bertz CT molecular complexity index is 1380. The van der Waals surface area contributed by atoms with E-state index in [0.29, 0.717) is 35.1 Å². The molecule has 7 heteroatoms. The average Bonchev–Trinajstić information content (AvgIpc) is 3.01. The number of aromatic hydroxyl groups is 1. The maximum absolute atomic E-state index is 12.8. The van der Waals surface area contributed by atoms with E-state index >= 15 is 0 Å². The number of hydrogen-bond acceptors (Lipinski definition) is 6. The van der Waals surface area contributed by atoms with Gasteiger partial charge in [0.15, 0.2) is 0 Å². The first kappa shape index (κ1) is 38.2. The number of nitrogens with zero attached hydrogens (tertiary/aromatic N) is 3. The second-order valence-electron chi connectivity index (χ2n) is 9.34. The monoisotopic (exact) mass is 576 g/mol. The third-order valence-electron chi connectivity index (χ3n) is 6.23. The van der Waals surface area contributed by atoms with Crippen LogP contribution in [-0.2, 0) is 11.3 Å². The third kappa shape index (κ3) is 11.2. The summed E-state index contributed by atoms with van der Waals surface area (Å²) in [6.45, 7) is 24.9. The van der Waals surface area contributed by atoms with Gasteiger partial charge < -0.3 is 15.2 Å². The fourth-order valence-corrected chi connectivity index (χ4v) is 4.11. The van der Waals surface area contributed by atoms with E-state index in [0.717, 1.165) is 24.0 Å². The fourth-order valence-electron chi connectivity index (χ4n) is 4.11. The molecule has 230 valence electrons. The SMILES string of the molecule is C=O.CC.CC.CCCNCC(C)c1ccc(C)cc1.CCn1c(=O)c(-c2ccc(C)cc2O)cc2cnc(C)nc21. The van der Waals surface area contributed by atoms with Crippen molar-refractivity contribution < 1.29 is 9.90 Å². The number of phenolic OH excluding ortho intramolecular Hbond substituents is 1. The molecule has 4 rings (SSSR count). The molecule has 0 aliphatic carbocycles. The molecule has 2 aromatic carbocycles. The standard InChI is InChI=1S/C17H17N3O2.C13H21N.2C2H6.CH2O/c1-4-20-16-12(9-18-11(3)19-16)8-14(17(20)22)13-6-5-10(2)7-15(13)21;1-4-9-14-10-12(3)13-7-5-11(2)6-8-13;3*1-2/h5-9,21H,4H2,1-3H3;5-8,12,14H,4,9-10H2,1-3H3;2*1-2H3;1H2. The second kappa shape index (κ2) is 20.9. The van der Waals surface area contributed by atoms with Crippen LogP contribution >= 0.6 is 0 Å². The fraction of sp³-hybridized carbons (Fsp3) is 0.429. The van der Waals surface area contributed by atoms with Crippen LogP contribution in [0.15, 0.2) is 59.5 Å². The number of carbonyl (C=O) groups is 1. The van der Waals surface area contributed by atoms with E-state index in [1.165, 1.54) is 17.5 Å². The van der Waals surface area contributed by atoms with Crippen LogP contribution in [0.5, 0.6) is 5.75 Å². The molecule has 1 unspecified atom stereocenters. The number of hydrogen-bond donors (Lipinski definition) is 2. The largest absolute Gasteiger partial charge is 0.507 e. The summed E-state index contributed by atoms with van der Waals surface area (Å²) in [5, 5.41) is 14.4. The molecule has 0 amide bonds. The van der Waals surface area contributed by atoms with Gasteiger partial charge in [0, 0.05) is 30.2 Å². The lowest BCUT2D eigenvalue weighted by atomic mass is 10.00. The summed E-state index contributed by atoms with van der Waals surface area (Å²) < 4.78 is 1.61. The first-order valence-electron chi connectivity index (χ1n) is 15.0. The molecule has 0 spiro atoms. The van der Waals surface area contributed by atoms with E-state index in [1.807, 2.05) is 54.4 Å². The summed E-state index contributed by atoms with van der Waals surface area (Å²) in [6.07, 6.45) is 2.92. The summed E-state index contributed by atoms with van der Waals surface area (Å²) in [5.74, 6) is 1.34. The summed E-state index contributed by atoms with van der Waals surface area (Å²) >= 11 is 0. The molecular weight excluding hydrogens is 524 g/mol. The topological polar surface area (TPSA) is 97.1 Å². The first-order chi connectivity index (χ1) is 20.2. The minimum absolute atomic E-state index is 0.104. The van der Waals surface area contributed by atoms with E-state index < -0.39 is 0 Å². The summed E-state index contributed by atoms with van der Waals surface area (Å²) in [7, 11) is 0. The number of carbonyl (C=O) groups excluding carboxylic acids is 1. The van der Waals surface area contributed by atoms with Gasteiger partial charge in [0.2, 0.25) is 0 Å².